The van der Waals surface area contributed by atoms with Gasteiger partial charge >= 0.3 is 6.18 Å². The molecule has 11 heteroatoms. The van der Waals surface area contributed by atoms with E-state index in [0.717, 1.165) is 12.3 Å². The van der Waals surface area contributed by atoms with Gasteiger partial charge in [0.05, 0.1) is 19.2 Å². The molecule has 0 saturated carbocycles. The van der Waals surface area contributed by atoms with Gasteiger partial charge in [-0.3, -0.25) is 20.4 Å². The van der Waals surface area contributed by atoms with Crippen molar-refractivity contribution in [3.05, 3.63) is 48.2 Å². The highest BCUT2D eigenvalue weighted by atomic mass is 19.4. The summed E-state index contributed by atoms with van der Waals surface area (Å²) in [5.41, 5.74) is 5.08. The van der Waals surface area contributed by atoms with Gasteiger partial charge in [0.25, 0.3) is 11.8 Å². The third-order valence-corrected chi connectivity index (χ3v) is 3.24. The Labute approximate surface area is 158 Å². The van der Waals surface area contributed by atoms with Crippen molar-refractivity contribution >= 4 is 17.5 Å². The molecule has 0 saturated heterocycles. The van der Waals surface area contributed by atoms with Crippen molar-refractivity contribution in [1.29, 1.82) is 0 Å². The third-order valence-electron chi connectivity index (χ3n) is 3.24. The van der Waals surface area contributed by atoms with Gasteiger partial charge in [0, 0.05) is 18.0 Å². The van der Waals surface area contributed by atoms with Crippen molar-refractivity contribution in [2.75, 3.05) is 25.6 Å². The molecule has 1 heterocycles. The highest BCUT2D eigenvalue weighted by Crippen LogP contribution is 2.17. The van der Waals surface area contributed by atoms with Crippen molar-refractivity contribution in [3.63, 3.8) is 0 Å². The number of hydrazine groups is 1. The summed E-state index contributed by atoms with van der Waals surface area (Å²) in [5, 5.41) is 2.85. The molecule has 1 aromatic carbocycles. The van der Waals surface area contributed by atoms with Crippen molar-refractivity contribution < 1.29 is 32.2 Å². The SMILES string of the molecule is COc1ccc(NCC(=O)NNC(=O)c2ccc(OCC(F)(F)F)nc2)cc1. The number of benzene rings is 1. The van der Waals surface area contributed by atoms with Crippen LogP contribution in [0.15, 0.2) is 42.6 Å². The van der Waals surface area contributed by atoms with Crippen LogP contribution in [0.25, 0.3) is 0 Å². The standard InChI is InChI=1S/C17H17F3N4O4/c1-27-13-5-3-12(4-6-13)21-9-14(25)23-24-16(26)11-2-7-15(22-8-11)28-10-17(18,19)20/h2-8,21H,9-10H2,1H3,(H,23,25)(H,24,26). The summed E-state index contributed by atoms with van der Waals surface area (Å²) < 4.78 is 45.6. The molecule has 1 aromatic heterocycles. The van der Waals surface area contributed by atoms with Crippen LogP contribution in [0.5, 0.6) is 11.6 Å². The average Bonchev–Trinajstić information content (AvgIpc) is 2.69. The minimum atomic E-state index is -4.48. The van der Waals surface area contributed by atoms with Gasteiger partial charge in [-0.2, -0.15) is 13.2 Å². The predicted molar refractivity (Wildman–Crippen MR) is 92.9 cm³/mol. The van der Waals surface area contributed by atoms with Crippen LogP contribution in [0.1, 0.15) is 10.4 Å². The van der Waals surface area contributed by atoms with Gasteiger partial charge in [-0.05, 0) is 30.3 Å². The second kappa shape index (κ2) is 9.44. The van der Waals surface area contributed by atoms with Gasteiger partial charge in [0.1, 0.15) is 5.75 Å². The number of amides is 2. The van der Waals surface area contributed by atoms with E-state index in [0.29, 0.717) is 11.4 Å². The lowest BCUT2D eigenvalue weighted by molar-refractivity contribution is -0.154. The van der Waals surface area contributed by atoms with E-state index in [1.807, 2.05) is 0 Å². The first kappa shape index (κ1) is 20.8. The zero-order valence-electron chi connectivity index (χ0n) is 14.7. The molecule has 0 unspecified atom stereocenters. The zero-order valence-corrected chi connectivity index (χ0v) is 14.7. The van der Waals surface area contributed by atoms with Gasteiger partial charge < -0.3 is 14.8 Å². The molecule has 0 spiro atoms. The van der Waals surface area contributed by atoms with Crippen LogP contribution in [0.4, 0.5) is 18.9 Å². The van der Waals surface area contributed by atoms with Crippen LogP contribution < -0.4 is 25.6 Å². The second-order valence-corrected chi connectivity index (χ2v) is 5.37. The number of nitrogens with zero attached hydrogens (tertiary/aromatic N) is 1. The fourth-order valence-corrected chi connectivity index (χ4v) is 1.89. The number of alkyl halides is 3. The molecule has 0 fully saturated rings. The molecule has 2 rings (SSSR count). The van der Waals surface area contributed by atoms with Gasteiger partial charge in [0.2, 0.25) is 5.88 Å². The smallest absolute Gasteiger partial charge is 0.422 e. The highest BCUT2D eigenvalue weighted by molar-refractivity contribution is 5.95. The van der Waals surface area contributed by atoms with Crippen LogP contribution in [0, 0.1) is 0 Å². The fraction of sp³-hybridized carbons (Fsp3) is 0.235. The van der Waals surface area contributed by atoms with Crippen molar-refractivity contribution in [1.82, 2.24) is 15.8 Å². The average molecular weight is 398 g/mol. The van der Waals surface area contributed by atoms with Crippen LogP contribution in [-0.4, -0.2) is 43.2 Å². The molecule has 2 amide bonds. The number of rotatable bonds is 7. The lowest BCUT2D eigenvalue weighted by atomic mass is 10.3. The molecule has 28 heavy (non-hydrogen) atoms. The van der Waals surface area contributed by atoms with E-state index in [4.69, 9.17) is 4.74 Å². The van der Waals surface area contributed by atoms with E-state index in [-0.39, 0.29) is 18.0 Å². The van der Waals surface area contributed by atoms with E-state index >= 15 is 0 Å². The number of carbonyl (C=O) groups excluding carboxylic acids is 2. The van der Waals surface area contributed by atoms with Crippen LogP contribution >= 0.6 is 0 Å². The van der Waals surface area contributed by atoms with E-state index < -0.39 is 24.6 Å². The molecule has 3 N–H and O–H groups in total. The highest BCUT2D eigenvalue weighted by Gasteiger charge is 2.28. The summed E-state index contributed by atoms with van der Waals surface area (Å²) in [6, 6.07) is 9.22. The molecule has 0 atom stereocenters. The molecule has 8 nitrogen and oxygen atoms in total. The number of aromatic nitrogens is 1. The number of methoxy groups -OCH3 is 1. The molecular formula is C17H17F3N4O4. The second-order valence-electron chi connectivity index (χ2n) is 5.37. The van der Waals surface area contributed by atoms with E-state index in [2.05, 4.69) is 25.9 Å². The van der Waals surface area contributed by atoms with Gasteiger partial charge in [-0.1, -0.05) is 0 Å². The Kier molecular flexibility index (Phi) is 7.02. The van der Waals surface area contributed by atoms with E-state index in [9.17, 15) is 22.8 Å². The Bertz CT molecular complexity index is 796. The number of halogens is 3. The van der Waals surface area contributed by atoms with Crippen LogP contribution in [0.2, 0.25) is 0 Å². The number of anilines is 1. The van der Waals surface area contributed by atoms with Gasteiger partial charge in [-0.15, -0.1) is 0 Å². The van der Waals surface area contributed by atoms with E-state index in [1.54, 1.807) is 24.3 Å². The van der Waals surface area contributed by atoms with Crippen molar-refractivity contribution in [3.8, 4) is 11.6 Å². The minimum Gasteiger partial charge on any atom is -0.497 e. The minimum absolute atomic E-state index is 0.0303. The number of hydrogen-bond acceptors (Lipinski definition) is 6. The normalized spacial score (nSPS) is 10.7. The molecular weight excluding hydrogens is 381 g/mol. The monoisotopic (exact) mass is 398 g/mol. The first-order valence-electron chi connectivity index (χ1n) is 7.89. The predicted octanol–water partition coefficient (Wildman–Crippen LogP) is 1.90. The Morgan fingerprint density at radius 2 is 1.79 bits per heavy atom. The molecule has 150 valence electrons. The third kappa shape index (κ3) is 7.02. The number of ether oxygens (including phenoxy) is 2. The summed E-state index contributed by atoms with van der Waals surface area (Å²) in [6.45, 7) is -1.59. The summed E-state index contributed by atoms with van der Waals surface area (Å²) in [6.07, 6.45) is -3.45. The Hall–Kier alpha value is -3.50. The quantitative estimate of drug-likeness (QED) is 0.616. The Balaban J connectivity index is 1.75. The number of hydrogen-bond donors (Lipinski definition) is 3. The first-order valence-corrected chi connectivity index (χ1v) is 7.89. The number of pyridine rings is 1. The van der Waals surface area contributed by atoms with Gasteiger partial charge in [-0.25, -0.2) is 4.98 Å². The maximum Gasteiger partial charge on any atom is 0.422 e. The number of nitrogens with one attached hydrogen (secondary N) is 3. The number of carbonyl (C=O) groups is 2. The van der Waals surface area contributed by atoms with Crippen molar-refractivity contribution in [2.24, 2.45) is 0 Å². The fourth-order valence-electron chi connectivity index (χ4n) is 1.89. The Morgan fingerprint density at radius 3 is 2.36 bits per heavy atom. The van der Waals surface area contributed by atoms with E-state index in [1.165, 1.54) is 13.2 Å². The van der Waals surface area contributed by atoms with Crippen molar-refractivity contribution in [2.45, 2.75) is 6.18 Å². The summed E-state index contributed by atoms with van der Waals surface area (Å²) in [4.78, 5) is 27.3. The molecule has 0 aliphatic carbocycles. The lowest BCUT2D eigenvalue weighted by Gasteiger charge is -2.10. The molecule has 0 aliphatic heterocycles. The molecule has 0 bridgehead atoms. The maximum atomic E-state index is 12.1. The van der Waals surface area contributed by atoms with Crippen LogP contribution in [-0.2, 0) is 4.79 Å². The summed E-state index contributed by atoms with van der Waals surface area (Å²) in [5.74, 6) is -0.803. The first-order chi connectivity index (χ1) is 13.3. The van der Waals surface area contributed by atoms with Gasteiger partial charge in [0.15, 0.2) is 6.61 Å². The Morgan fingerprint density at radius 1 is 1.07 bits per heavy atom. The largest absolute Gasteiger partial charge is 0.497 e. The topological polar surface area (TPSA) is 102 Å². The summed E-state index contributed by atoms with van der Waals surface area (Å²) in [7, 11) is 1.54. The molecule has 2 aromatic rings. The molecule has 0 aliphatic rings. The summed E-state index contributed by atoms with van der Waals surface area (Å²) >= 11 is 0. The lowest BCUT2D eigenvalue weighted by Crippen LogP contribution is -2.44. The molecule has 0 radical (unpaired) electrons. The zero-order chi connectivity index (χ0) is 20.6. The maximum absolute atomic E-state index is 12.1. The van der Waals surface area contributed by atoms with Crippen LogP contribution in [0.3, 0.4) is 0 Å².